The van der Waals surface area contributed by atoms with Crippen molar-refractivity contribution < 1.29 is 9.86 Å². The SMILES string of the molecule is CCC(C)CC(=O)[NH+]([O-])CC. The van der Waals surface area contributed by atoms with Gasteiger partial charge in [-0.2, -0.15) is 0 Å². The molecule has 0 bridgehead atoms. The molecule has 0 aromatic carbocycles. The molecule has 0 fully saturated rings. The Morgan fingerprint density at radius 3 is 2.45 bits per heavy atom. The van der Waals surface area contributed by atoms with Crippen molar-refractivity contribution in [2.24, 2.45) is 5.92 Å². The van der Waals surface area contributed by atoms with Gasteiger partial charge in [0.25, 0.3) is 0 Å². The Morgan fingerprint density at radius 2 is 2.09 bits per heavy atom. The van der Waals surface area contributed by atoms with Crippen LogP contribution in [0.25, 0.3) is 0 Å². The molecule has 1 amide bonds. The quantitative estimate of drug-likeness (QED) is 0.602. The van der Waals surface area contributed by atoms with Gasteiger partial charge in [0.2, 0.25) is 0 Å². The van der Waals surface area contributed by atoms with E-state index in [1.54, 1.807) is 6.92 Å². The monoisotopic (exact) mass is 159 g/mol. The number of hydrogen-bond donors (Lipinski definition) is 1. The molecule has 0 rings (SSSR count). The molecule has 0 spiro atoms. The molecule has 66 valence electrons. The highest BCUT2D eigenvalue weighted by Crippen LogP contribution is 2.03. The number of hydroxylamine groups is 2. The summed E-state index contributed by atoms with van der Waals surface area (Å²) in [6.45, 7) is 6.07. The zero-order valence-corrected chi connectivity index (χ0v) is 7.52. The molecule has 11 heavy (non-hydrogen) atoms. The second-order valence-electron chi connectivity index (χ2n) is 2.92. The first kappa shape index (κ1) is 10.6. The smallest absolute Gasteiger partial charge is 0.312 e. The van der Waals surface area contributed by atoms with E-state index in [4.69, 9.17) is 0 Å². The zero-order valence-electron chi connectivity index (χ0n) is 7.52. The average Bonchev–Trinajstić information content (AvgIpc) is 2.02. The van der Waals surface area contributed by atoms with Gasteiger partial charge in [0.1, 0.15) is 0 Å². The van der Waals surface area contributed by atoms with Gasteiger partial charge in [-0.3, -0.25) is 0 Å². The van der Waals surface area contributed by atoms with E-state index in [0.29, 0.717) is 18.9 Å². The van der Waals surface area contributed by atoms with Gasteiger partial charge in [0.15, 0.2) is 0 Å². The van der Waals surface area contributed by atoms with Gasteiger partial charge >= 0.3 is 5.91 Å². The van der Waals surface area contributed by atoms with Crippen LogP contribution >= 0.6 is 0 Å². The second-order valence-corrected chi connectivity index (χ2v) is 2.92. The molecule has 0 radical (unpaired) electrons. The molecule has 0 aromatic rings. The largest absolute Gasteiger partial charge is 0.627 e. The first-order valence-corrected chi connectivity index (χ1v) is 4.17. The second kappa shape index (κ2) is 5.27. The maximum absolute atomic E-state index is 11.0. The predicted molar refractivity (Wildman–Crippen MR) is 43.9 cm³/mol. The fourth-order valence-electron chi connectivity index (χ4n) is 0.772. The molecule has 0 saturated carbocycles. The number of rotatable bonds is 4. The van der Waals surface area contributed by atoms with Crippen molar-refractivity contribution >= 4 is 5.91 Å². The maximum Gasteiger partial charge on any atom is 0.312 e. The van der Waals surface area contributed by atoms with E-state index in [2.05, 4.69) is 0 Å². The third-order valence-electron chi connectivity index (χ3n) is 1.86. The Kier molecular flexibility index (Phi) is 5.07. The Hall–Kier alpha value is -0.410. The molecule has 0 aliphatic heterocycles. The van der Waals surface area contributed by atoms with E-state index in [-0.39, 0.29) is 11.0 Å². The van der Waals surface area contributed by atoms with Crippen molar-refractivity contribution in [2.45, 2.75) is 33.6 Å². The van der Waals surface area contributed by atoms with Crippen molar-refractivity contribution in [3.05, 3.63) is 5.21 Å². The highest BCUT2D eigenvalue weighted by Gasteiger charge is 2.12. The lowest BCUT2D eigenvalue weighted by molar-refractivity contribution is -0.763. The topological polar surface area (TPSA) is 44.6 Å². The number of quaternary nitrogens is 1. The van der Waals surface area contributed by atoms with Gasteiger partial charge in [0, 0.05) is 0 Å². The third kappa shape index (κ3) is 4.11. The van der Waals surface area contributed by atoms with Crippen molar-refractivity contribution in [1.82, 2.24) is 0 Å². The molecule has 3 nitrogen and oxygen atoms in total. The van der Waals surface area contributed by atoms with Crippen LogP contribution in [-0.4, -0.2) is 12.5 Å². The zero-order chi connectivity index (χ0) is 8.85. The lowest BCUT2D eigenvalue weighted by atomic mass is 10.1. The van der Waals surface area contributed by atoms with E-state index in [1.165, 1.54) is 0 Å². The minimum absolute atomic E-state index is 0.207. The van der Waals surface area contributed by atoms with E-state index >= 15 is 0 Å². The van der Waals surface area contributed by atoms with Crippen LogP contribution in [0.1, 0.15) is 33.6 Å². The van der Waals surface area contributed by atoms with E-state index in [0.717, 1.165) is 6.42 Å². The number of hydrogen-bond acceptors (Lipinski definition) is 2. The third-order valence-corrected chi connectivity index (χ3v) is 1.86. The van der Waals surface area contributed by atoms with Crippen molar-refractivity contribution in [3.63, 3.8) is 0 Å². The summed E-state index contributed by atoms with van der Waals surface area (Å²) in [7, 11) is 0. The number of carbonyl (C=O) groups excluding carboxylic acids is 1. The summed E-state index contributed by atoms with van der Waals surface area (Å²) in [5.41, 5.74) is 0. The van der Waals surface area contributed by atoms with E-state index < -0.39 is 0 Å². The molecule has 3 heteroatoms. The van der Waals surface area contributed by atoms with E-state index in [1.807, 2.05) is 13.8 Å². The van der Waals surface area contributed by atoms with Crippen molar-refractivity contribution in [3.8, 4) is 0 Å². The highest BCUT2D eigenvalue weighted by atomic mass is 16.5. The first-order chi connectivity index (χ1) is 5.11. The summed E-state index contributed by atoms with van der Waals surface area (Å²) in [4.78, 5) is 11.0. The van der Waals surface area contributed by atoms with Crippen LogP contribution in [0.4, 0.5) is 0 Å². The molecular formula is C8H17NO2. The minimum atomic E-state index is -0.231. The standard InChI is InChI=1S/C8H17NO2/c1-4-7(3)6-8(10)9(11)5-2/h7,9H,4-6H2,1-3H3. The van der Waals surface area contributed by atoms with Crippen LogP contribution in [0.3, 0.4) is 0 Å². The Balaban J connectivity index is 3.68. The van der Waals surface area contributed by atoms with Crippen LogP contribution in [-0.2, 0) is 4.79 Å². The molecule has 2 unspecified atom stereocenters. The number of amides is 1. The van der Waals surface area contributed by atoms with Gasteiger partial charge < -0.3 is 10.3 Å². The number of nitrogens with one attached hydrogen (secondary N) is 1. The summed E-state index contributed by atoms with van der Waals surface area (Å²) < 4.78 is 0. The summed E-state index contributed by atoms with van der Waals surface area (Å²) in [5, 5.41) is 10.6. The van der Waals surface area contributed by atoms with Crippen LogP contribution < -0.4 is 5.06 Å². The maximum atomic E-state index is 11.0. The predicted octanol–water partition coefficient (Wildman–Crippen LogP) is 0.352. The lowest BCUT2D eigenvalue weighted by Gasteiger charge is -2.18. The lowest BCUT2D eigenvalue weighted by Crippen LogP contribution is -3.09. The average molecular weight is 159 g/mol. The van der Waals surface area contributed by atoms with Crippen LogP contribution in [0.2, 0.25) is 0 Å². The summed E-state index contributed by atoms with van der Waals surface area (Å²) in [6, 6.07) is 0. The number of carbonyl (C=O) groups is 1. The van der Waals surface area contributed by atoms with Gasteiger partial charge in [0.05, 0.1) is 13.0 Å². The fourth-order valence-corrected chi connectivity index (χ4v) is 0.772. The molecule has 0 saturated heterocycles. The molecule has 0 aliphatic rings. The summed E-state index contributed by atoms with van der Waals surface area (Å²) >= 11 is 0. The Labute approximate surface area is 68.0 Å². The van der Waals surface area contributed by atoms with Gasteiger partial charge in [-0.25, -0.2) is 4.79 Å². The van der Waals surface area contributed by atoms with Crippen molar-refractivity contribution in [1.29, 1.82) is 0 Å². The molecule has 0 heterocycles. The van der Waals surface area contributed by atoms with E-state index in [9.17, 15) is 10.0 Å². The van der Waals surface area contributed by atoms with Crippen LogP contribution in [0.15, 0.2) is 0 Å². The van der Waals surface area contributed by atoms with Crippen LogP contribution in [0.5, 0.6) is 0 Å². The van der Waals surface area contributed by atoms with Crippen molar-refractivity contribution in [2.75, 3.05) is 6.54 Å². The van der Waals surface area contributed by atoms with Crippen LogP contribution in [0, 0.1) is 11.1 Å². The van der Waals surface area contributed by atoms with Gasteiger partial charge in [-0.15, -0.1) is 0 Å². The summed E-state index contributed by atoms with van der Waals surface area (Å²) in [5.74, 6) is 0.139. The fraction of sp³-hybridized carbons (Fsp3) is 0.875. The molecule has 2 atom stereocenters. The Morgan fingerprint density at radius 1 is 1.55 bits per heavy atom. The molecule has 0 aromatic heterocycles. The van der Waals surface area contributed by atoms with Gasteiger partial charge in [-0.05, 0) is 12.8 Å². The Bertz CT molecular complexity index is 125. The summed E-state index contributed by atoms with van der Waals surface area (Å²) in [6.07, 6.45) is 1.38. The molecular weight excluding hydrogens is 142 g/mol. The molecule has 0 aliphatic carbocycles. The molecule has 1 N–H and O–H groups in total. The normalized spacial score (nSPS) is 16.0. The van der Waals surface area contributed by atoms with Gasteiger partial charge in [-0.1, -0.05) is 20.3 Å². The minimum Gasteiger partial charge on any atom is -0.627 e. The first-order valence-electron chi connectivity index (χ1n) is 4.17. The highest BCUT2D eigenvalue weighted by molar-refractivity contribution is 5.66.